The van der Waals surface area contributed by atoms with Crippen LogP contribution < -0.4 is 5.43 Å². The van der Waals surface area contributed by atoms with Gasteiger partial charge in [0.25, 0.3) is 0 Å². The first kappa shape index (κ1) is 12.2. The molecule has 3 rings (SSSR count). The van der Waals surface area contributed by atoms with Crippen molar-refractivity contribution in [3.05, 3.63) is 30.3 Å². The van der Waals surface area contributed by atoms with Crippen LogP contribution in [0.15, 0.2) is 30.3 Å². The quantitative estimate of drug-likeness (QED) is 0.830. The first-order chi connectivity index (χ1) is 9.19. The van der Waals surface area contributed by atoms with Gasteiger partial charge in [0, 0.05) is 12.8 Å². The number of carbonyl (C=O) groups is 2. The van der Waals surface area contributed by atoms with Crippen LogP contribution in [0.2, 0.25) is 0 Å². The molecule has 19 heavy (non-hydrogen) atoms. The molecular formula is C15H18N2O2. The van der Waals surface area contributed by atoms with Gasteiger partial charge in [-0.25, -0.2) is 0 Å². The van der Waals surface area contributed by atoms with Crippen molar-refractivity contribution in [2.45, 2.75) is 38.5 Å². The van der Waals surface area contributed by atoms with Crippen molar-refractivity contribution in [3.8, 4) is 0 Å². The Hall–Kier alpha value is -1.84. The topological polar surface area (TPSA) is 49.4 Å². The van der Waals surface area contributed by atoms with Crippen molar-refractivity contribution in [1.29, 1.82) is 0 Å². The Morgan fingerprint density at radius 3 is 2.11 bits per heavy atom. The second kappa shape index (κ2) is 4.68. The third-order valence-electron chi connectivity index (χ3n) is 4.23. The Bertz CT molecular complexity index is 472. The molecule has 4 heteroatoms. The molecule has 2 amide bonds. The highest BCUT2D eigenvalue weighted by molar-refractivity contribution is 5.99. The molecule has 0 atom stereocenters. The summed E-state index contributed by atoms with van der Waals surface area (Å²) in [5, 5.41) is 1.19. The van der Waals surface area contributed by atoms with E-state index in [0.29, 0.717) is 12.8 Å². The number of rotatable bonds is 2. The van der Waals surface area contributed by atoms with Gasteiger partial charge in [-0.2, -0.15) is 5.01 Å². The number of benzene rings is 1. The zero-order valence-electron chi connectivity index (χ0n) is 10.9. The predicted molar refractivity (Wildman–Crippen MR) is 72.1 cm³/mol. The van der Waals surface area contributed by atoms with E-state index in [1.165, 1.54) is 5.01 Å². The summed E-state index contributed by atoms with van der Waals surface area (Å²) in [5.74, 6) is -0.191. The smallest absolute Gasteiger partial charge is 0.248 e. The molecule has 1 aliphatic carbocycles. The summed E-state index contributed by atoms with van der Waals surface area (Å²) in [6, 6.07) is 9.35. The molecule has 2 fully saturated rings. The Balaban J connectivity index is 1.74. The first-order valence-electron chi connectivity index (χ1n) is 6.86. The second-order valence-electron chi connectivity index (χ2n) is 5.66. The molecule has 1 saturated heterocycles. The van der Waals surface area contributed by atoms with Crippen molar-refractivity contribution < 1.29 is 9.59 Å². The third-order valence-corrected chi connectivity index (χ3v) is 4.23. The number of hydrogen-bond donors (Lipinski definition) is 1. The molecular weight excluding hydrogens is 240 g/mol. The van der Waals surface area contributed by atoms with E-state index in [4.69, 9.17) is 0 Å². The van der Waals surface area contributed by atoms with Gasteiger partial charge in [0.2, 0.25) is 11.8 Å². The molecule has 1 saturated carbocycles. The molecule has 1 aromatic carbocycles. The maximum absolute atomic E-state index is 12.2. The SMILES string of the molecule is O=C1CC2(CCCC2)CC(=O)N1Nc1ccccc1. The largest absolute Gasteiger partial charge is 0.289 e. The number of hydrazine groups is 1. The Kier molecular flexibility index (Phi) is 3.01. The van der Waals surface area contributed by atoms with Gasteiger partial charge >= 0.3 is 0 Å². The van der Waals surface area contributed by atoms with Gasteiger partial charge in [-0.05, 0) is 30.4 Å². The average molecular weight is 258 g/mol. The lowest BCUT2D eigenvalue weighted by atomic mass is 9.77. The number of anilines is 1. The van der Waals surface area contributed by atoms with Crippen LogP contribution in [0.5, 0.6) is 0 Å². The van der Waals surface area contributed by atoms with Crippen molar-refractivity contribution in [2.24, 2.45) is 5.41 Å². The minimum Gasteiger partial charge on any atom is -0.289 e. The fraction of sp³-hybridized carbons (Fsp3) is 0.467. The van der Waals surface area contributed by atoms with Gasteiger partial charge in [-0.3, -0.25) is 15.0 Å². The predicted octanol–water partition coefficient (Wildman–Crippen LogP) is 2.72. The monoisotopic (exact) mass is 258 g/mol. The van der Waals surface area contributed by atoms with Crippen molar-refractivity contribution in [1.82, 2.24) is 5.01 Å². The molecule has 2 aliphatic rings. The summed E-state index contributed by atoms with van der Waals surface area (Å²) in [5.41, 5.74) is 3.65. The van der Waals surface area contributed by atoms with Crippen molar-refractivity contribution in [2.75, 3.05) is 5.43 Å². The molecule has 0 bridgehead atoms. The van der Waals surface area contributed by atoms with Gasteiger partial charge in [0.05, 0.1) is 5.69 Å². The minimum atomic E-state index is -0.0954. The summed E-state index contributed by atoms with van der Waals surface area (Å²) < 4.78 is 0. The number of imide groups is 1. The number of hydrogen-bond acceptors (Lipinski definition) is 3. The van der Waals surface area contributed by atoms with E-state index in [2.05, 4.69) is 5.43 Å². The lowest BCUT2D eigenvalue weighted by Crippen LogP contribution is -2.49. The van der Waals surface area contributed by atoms with Crippen LogP contribution >= 0.6 is 0 Å². The molecule has 0 aromatic heterocycles. The molecule has 1 aliphatic heterocycles. The summed E-state index contributed by atoms with van der Waals surface area (Å²) in [6.07, 6.45) is 5.32. The number of para-hydroxylation sites is 1. The maximum atomic E-state index is 12.2. The second-order valence-corrected chi connectivity index (χ2v) is 5.66. The highest BCUT2D eigenvalue weighted by Crippen LogP contribution is 2.46. The van der Waals surface area contributed by atoms with E-state index < -0.39 is 0 Å². The molecule has 1 aromatic rings. The molecule has 100 valence electrons. The Morgan fingerprint density at radius 1 is 0.947 bits per heavy atom. The van der Waals surface area contributed by atoms with E-state index in [9.17, 15) is 9.59 Å². The normalized spacial score (nSPS) is 22.0. The Labute approximate surface area is 112 Å². The summed E-state index contributed by atoms with van der Waals surface area (Å²) >= 11 is 0. The number of piperidine rings is 1. The highest BCUT2D eigenvalue weighted by atomic mass is 16.2. The summed E-state index contributed by atoms with van der Waals surface area (Å²) in [6.45, 7) is 0. The maximum Gasteiger partial charge on any atom is 0.248 e. The summed E-state index contributed by atoms with van der Waals surface area (Å²) in [7, 11) is 0. The molecule has 1 N–H and O–H groups in total. The lowest BCUT2D eigenvalue weighted by Gasteiger charge is -2.37. The van der Waals surface area contributed by atoms with E-state index in [-0.39, 0.29) is 17.2 Å². The van der Waals surface area contributed by atoms with E-state index in [1.54, 1.807) is 0 Å². The molecule has 4 nitrogen and oxygen atoms in total. The first-order valence-corrected chi connectivity index (χ1v) is 6.86. The van der Waals surface area contributed by atoms with Gasteiger partial charge in [-0.1, -0.05) is 31.0 Å². The van der Waals surface area contributed by atoms with E-state index in [1.807, 2.05) is 30.3 Å². The lowest BCUT2D eigenvalue weighted by molar-refractivity contribution is -0.151. The van der Waals surface area contributed by atoms with E-state index in [0.717, 1.165) is 31.4 Å². The zero-order valence-corrected chi connectivity index (χ0v) is 10.9. The molecule has 1 spiro atoms. The number of nitrogens with one attached hydrogen (secondary N) is 1. The molecule has 1 heterocycles. The molecule has 0 radical (unpaired) electrons. The van der Waals surface area contributed by atoms with Crippen LogP contribution in [0.25, 0.3) is 0 Å². The van der Waals surface area contributed by atoms with Crippen molar-refractivity contribution >= 4 is 17.5 Å². The fourth-order valence-electron chi connectivity index (χ4n) is 3.25. The van der Waals surface area contributed by atoms with Crippen LogP contribution in [0, 0.1) is 5.41 Å². The van der Waals surface area contributed by atoms with Crippen molar-refractivity contribution in [3.63, 3.8) is 0 Å². The van der Waals surface area contributed by atoms with Gasteiger partial charge < -0.3 is 0 Å². The number of nitrogens with zero attached hydrogens (tertiary/aromatic N) is 1. The number of amides is 2. The minimum absolute atomic E-state index is 0.0387. The Morgan fingerprint density at radius 2 is 1.53 bits per heavy atom. The zero-order chi connectivity index (χ0) is 13.3. The number of carbonyl (C=O) groups excluding carboxylic acids is 2. The van der Waals surface area contributed by atoms with Crippen LogP contribution in [0.3, 0.4) is 0 Å². The van der Waals surface area contributed by atoms with E-state index >= 15 is 0 Å². The summed E-state index contributed by atoms with van der Waals surface area (Å²) in [4.78, 5) is 24.4. The standard InChI is InChI=1S/C15H18N2O2/c18-13-10-15(8-4-5-9-15)11-14(19)17(13)16-12-6-2-1-3-7-12/h1-3,6-7,16H,4-5,8-11H2. The average Bonchev–Trinajstić information content (AvgIpc) is 2.83. The van der Waals surface area contributed by atoms with Gasteiger partial charge in [0.1, 0.15) is 0 Å². The fourth-order valence-corrected chi connectivity index (χ4v) is 3.25. The van der Waals surface area contributed by atoms with Gasteiger partial charge in [0.15, 0.2) is 0 Å². The van der Waals surface area contributed by atoms with Crippen LogP contribution in [-0.4, -0.2) is 16.8 Å². The van der Waals surface area contributed by atoms with Gasteiger partial charge in [-0.15, -0.1) is 0 Å². The molecule has 0 unspecified atom stereocenters. The van der Waals surface area contributed by atoms with Crippen LogP contribution in [0.4, 0.5) is 5.69 Å². The van der Waals surface area contributed by atoms with Crippen LogP contribution in [-0.2, 0) is 9.59 Å². The third kappa shape index (κ3) is 2.35. The highest BCUT2D eigenvalue weighted by Gasteiger charge is 2.45. The van der Waals surface area contributed by atoms with Crippen LogP contribution in [0.1, 0.15) is 38.5 Å².